The second-order valence-electron chi connectivity index (χ2n) is 7.42. The molecule has 1 atom stereocenters. The number of hydrogen-bond donors (Lipinski definition) is 0. The molecule has 0 N–H and O–H groups in total. The van der Waals surface area contributed by atoms with Gasteiger partial charge in [-0.25, -0.2) is 0 Å². The highest BCUT2D eigenvalue weighted by atomic mass is 28.4. The first kappa shape index (κ1) is 25.1. The van der Waals surface area contributed by atoms with Crippen LogP contribution in [0.5, 0.6) is 0 Å². The Morgan fingerprint density at radius 3 is 1.56 bits per heavy atom. The van der Waals surface area contributed by atoms with Crippen LogP contribution < -0.4 is 0 Å². The third-order valence-corrected chi connectivity index (χ3v) is 8.16. The van der Waals surface area contributed by atoms with Gasteiger partial charge in [0, 0.05) is 33.4 Å². The van der Waals surface area contributed by atoms with Crippen molar-refractivity contribution in [3.05, 3.63) is 0 Å². The zero-order chi connectivity index (χ0) is 19.0. The largest absolute Gasteiger partial charge is 0.500 e. The van der Waals surface area contributed by atoms with Crippen molar-refractivity contribution in [3.63, 3.8) is 0 Å². The van der Waals surface area contributed by atoms with Crippen LogP contribution in [-0.4, -0.2) is 55.2 Å². The number of hydrogen-bond acceptors (Lipinski definition) is 4. The van der Waals surface area contributed by atoms with Gasteiger partial charge in [-0.15, -0.1) is 0 Å². The second kappa shape index (κ2) is 16.2. The van der Waals surface area contributed by atoms with Gasteiger partial charge in [0.25, 0.3) is 0 Å². The van der Waals surface area contributed by atoms with Gasteiger partial charge in [-0.3, -0.25) is 0 Å². The maximum absolute atomic E-state index is 5.52. The summed E-state index contributed by atoms with van der Waals surface area (Å²) in [6.07, 6.45) is 16.2. The summed E-state index contributed by atoms with van der Waals surface area (Å²) in [6.45, 7) is 2.28. The van der Waals surface area contributed by atoms with Crippen molar-refractivity contribution in [2.45, 2.75) is 96.1 Å². The lowest BCUT2D eigenvalue weighted by molar-refractivity contribution is 0.121. The predicted molar refractivity (Wildman–Crippen MR) is 110 cm³/mol. The van der Waals surface area contributed by atoms with E-state index in [9.17, 15) is 0 Å². The highest BCUT2D eigenvalue weighted by Gasteiger charge is 2.37. The van der Waals surface area contributed by atoms with Gasteiger partial charge in [-0.05, 0) is 33.4 Å². The van der Waals surface area contributed by atoms with Crippen molar-refractivity contribution in [1.29, 1.82) is 0 Å². The molecule has 0 spiro atoms. The van der Waals surface area contributed by atoms with Crippen LogP contribution in [0.1, 0.15) is 84.0 Å². The highest BCUT2D eigenvalue weighted by molar-refractivity contribution is 6.60. The molecule has 0 aliphatic carbocycles. The molecule has 4 nitrogen and oxygen atoms in total. The third-order valence-electron chi connectivity index (χ3n) is 5.32. The maximum atomic E-state index is 5.52. The summed E-state index contributed by atoms with van der Waals surface area (Å²) in [5, 5.41) is 0. The van der Waals surface area contributed by atoms with Crippen molar-refractivity contribution >= 4 is 8.80 Å². The van der Waals surface area contributed by atoms with Crippen LogP contribution in [0.25, 0.3) is 0 Å². The molecule has 0 saturated heterocycles. The van der Waals surface area contributed by atoms with Crippen molar-refractivity contribution in [2.24, 2.45) is 0 Å². The standard InChI is InChI=1S/C20H45NO3Si/c1-7-8-9-10-11-12-13-14-15-17-20(21(2)3)18-16-19-25(22-4,23-5)24-6/h20H,7-19H2,1-6H3. The average Bonchev–Trinajstić information content (AvgIpc) is 2.62. The SMILES string of the molecule is CCCCCCCCCCCC(CCC[Si](OC)(OC)OC)N(C)C. The van der Waals surface area contributed by atoms with E-state index in [0.29, 0.717) is 6.04 Å². The first-order valence-corrected chi connectivity index (χ1v) is 12.3. The van der Waals surface area contributed by atoms with Crippen molar-refractivity contribution in [3.8, 4) is 0 Å². The van der Waals surface area contributed by atoms with E-state index in [2.05, 4.69) is 25.9 Å². The van der Waals surface area contributed by atoms with Crippen LogP contribution >= 0.6 is 0 Å². The lowest BCUT2D eigenvalue weighted by Gasteiger charge is -2.27. The quantitative estimate of drug-likeness (QED) is 0.234. The molecule has 0 heterocycles. The molecule has 152 valence electrons. The molecule has 0 aromatic carbocycles. The summed E-state index contributed by atoms with van der Waals surface area (Å²) < 4.78 is 16.6. The fourth-order valence-corrected chi connectivity index (χ4v) is 5.21. The smallest absolute Gasteiger partial charge is 0.377 e. The van der Waals surface area contributed by atoms with E-state index in [1.54, 1.807) is 21.3 Å². The molecule has 5 heteroatoms. The molecule has 0 fully saturated rings. The molecule has 0 aliphatic rings. The molecule has 0 radical (unpaired) electrons. The van der Waals surface area contributed by atoms with Crippen molar-refractivity contribution < 1.29 is 13.3 Å². The molecule has 0 saturated carbocycles. The number of nitrogens with zero attached hydrogens (tertiary/aromatic N) is 1. The van der Waals surface area contributed by atoms with Gasteiger partial charge in [-0.2, -0.15) is 0 Å². The van der Waals surface area contributed by atoms with Crippen LogP contribution in [-0.2, 0) is 13.3 Å². The van der Waals surface area contributed by atoms with E-state index >= 15 is 0 Å². The molecule has 0 aliphatic heterocycles. The summed E-state index contributed by atoms with van der Waals surface area (Å²) in [5.74, 6) is 0. The Morgan fingerprint density at radius 2 is 1.12 bits per heavy atom. The maximum Gasteiger partial charge on any atom is 0.500 e. The average molecular weight is 376 g/mol. The molecule has 25 heavy (non-hydrogen) atoms. The van der Waals surface area contributed by atoms with Gasteiger partial charge < -0.3 is 18.2 Å². The monoisotopic (exact) mass is 375 g/mol. The summed E-state index contributed by atoms with van der Waals surface area (Å²) in [7, 11) is 7.10. The lowest BCUT2D eigenvalue weighted by Crippen LogP contribution is -2.43. The minimum absolute atomic E-state index is 0.654. The van der Waals surface area contributed by atoms with E-state index in [1.807, 2.05) is 0 Å². The number of unbranched alkanes of at least 4 members (excludes halogenated alkanes) is 8. The Hall–Kier alpha value is 0.0569. The zero-order valence-electron chi connectivity index (χ0n) is 17.9. The van der Waals surface area contributed by atoms with E-state index in [1.165, 1.54) is 70.6 Å². The summed E-state index contributed by atoms with van der Waals surface area (Å²) >= 11 is 0. The Balaban J connectivity index is 3.85. The van der Waals surface area contributed by atoms with E-state index in [0.717, 1.165) is 12.5 Å². The minimum Gasteiger partial charge on any atom is -0.377 e. The van der Waals surface area contributed by atoms with E-state index < -0.39 is 8.80 Å². The second-order valence-corrected chi connectivity index (χ2v) is 10.5. The Labute approximate surface area is 159 Å². The molecule has 0 rings (SSSR count). The van der Waals surface area contributed by atoms with Crippen LogP contribution in [0.4, 0.5) is 0 Å². The van der Waals surface area contributed by atoms with E-state index in [4.69, 9.17) is 13.3 Å². The first-order valence-electron chi connectivity index (χ1n) is 10.4. The van der Waals surface area contributed by atoms with Gasteiger partial charge in [0.15, 0.2) is 0 Å². The van der Waals surface area contributed by atoms with Gasteiger partial charge in [0.05, 0.1) is 0 Å². The normalized spacial score (nSPS) is 13.6. The predicted octanol–water partition coefficient (Wildman–Crippen LogP) is 5.50. The van der Waals surface area contributed by atoms with Crippen molar-refractivity contribution in [2.75, 3.05) is 35.4 Å². The topological polar surface area (TPSA) is 30.9 Å². The Kier molecular flexibility index (Phi) is 16.3. The van der Waals surface area contributed by atoms with Gasteiger partial charge in [-0.1, -0.05) is 64.7 Å². The first-order chi connectivity index (χ1) is 12.0. The van der Waals surface area contributed by atoms with Crippen molar-refractivity contribution in [1.82, 2.24) is 4.90 Å². The van der Waals surface area contributed by atoms with Crippen LogP contribution in [0.15, 0.2) is 0 Å². The fraction of sp³-hybridized carbons (Fsp3) is 1.00. The highest BCUT2D eigenvalue weighted by Crippen LogP contribution is 2.21. The molecule has 0 aromatic heterocycles. The lowest BCUT2D eigenvalue weighted by atomic mass is 10.0. The molecule has 0 bridgehead atoms. The Morgan fingerprint density at radius 1 is 0.680 bits per heavy atom. The summed E-state index contributed by atoms with van der Waals surface area (Å²) in [4.78, 5) is 2.38. The molecular weight excluding hydrogens is 330 g/mol. The number of rotatable bonds is 18. The van der Waals surface area contributed by atoms with E-state index in [-0.39, 0.29) is 0 Å². The minimum atomic E-state index is -2.40. The Bertz CT molecular complexity index is 278. The van der Waals surface area contributed by atoms with Crippen LogP contribution in [0, 0.1) is 0 Å². The zero-order valence-corrected chi connectivity index (χ0v) is 18.9. The summed E-state index contributed by atoms with van der Waals surface area (Å²) in [5.41, 5.74) is 0. The van der Waals surface area contributed by atoms with Crippen LogP contribution in [0.3, 0.4) is 0 Å². The molecule has 0 aromatic rings. The molecule has 0 amide bonds. The summed E-state index contributed by atoms with van der Waals surface area (Å²) in [6, 6.07) is 1.56. The molecule has 1 unspecified atom stereocenters. The van der Waals surface area contributed by atoms with Gasteiger partial charge >= 0.3 is 8.80 Å². The fourth-order valence-electron chi connectivity index (χ4n) is 3.46. The van der Waals surface area contributed by atoms with Crippen LogP contribution in [0.2, 0.25) is 6.04 Å². The third kappa shape index (κ3) is 12.1. The molecular formula is C20H45NO3Si. The van der Waals surface area contributed by atoms with Gasteiger partial charge in [0.2, 0.25) is 0 Å². The van der Waals surface area contributed by atoms with Gasteiger partial charge in [0.1, 0.15) is 0 Å².